The maximum atomic E-state index is 11.6. The number of hydrogen-bond acceptors (Lipinski definition) is 3. The van der Waals surface area contributed by atoms with Crippen LogP contribution in [0.2, 0.25) is 0 Å². The molecule has 0 aliphatic rings. The molecule has 1 aromatic carbocycles. The number of carbonyl (C=O) groups excluding carboxylic acids is 1. The maximum Gasteiger partial charge on any atom is 0.265 e. The molecular formula is C11H16N2O2. The minimum Gasteiger partial charge on any atom is -0.496 e. The van der Waals surface area contributed by atoms with Gasteiger partial charge in [-0.1, -0.05) is 6.07 Å². The van der Waals surface area contributed by atoms with E-state index in [4.69, 9.17) is 4.74 Å². The van der Waals surface area contributed by atoms with E-state index in [1.807, 2.05) is 13.0 Å². The number of nitrogens with zero attached hydrogens (tertiary/aromatic N) is 1. The van der Waals surface area contributed by atoms with Crippen molar-refractivity contribution >= 4 is 5.91 Å². The van der Waals surface area contributed by atoms with Crippen LogP contribution in [0.25, 0.3) is 0 Å². The Kier molecular flexibility index (Phi) is 3.68. The van der Waals surface area contributed by atoms with Crippen molar-refractivity contribution in [1.82, 2.24) is 10.4 Å². The molecule has 0 heterocycles. The van der Waals surface area contributed by atoms with Crippen LogP contribution < -0.4 is 10.2 Å². The second-order valence-corrected chi connectivity index (χ2v) is 3.52. The van der Waals surface area contributed by atoms with Crippen molar-refractivity contribution < 1.29 is 9.53 Å². The van der Waals surface area contributed by atoms with E-state index < -0.39 is 0 Å². The largest absolute Gasteiger partial charge is 0.496 e. The van der Waals surface area contributed by atoms with Crippen LogP contribution in [-0.2, 0) is 0 Å². The monoisotopic (exact) mass is 208 g/mol. The van der Waals surface area contributed by atoms with E-state index in [-0.39, 0.29) is 5.91 Å². The number of rotatable bonds is 3. The van der Waals surface area contributed by atoms with E-state index in [0.29, 0.717) is 5.56 Å². The molecule has 1 N–H and O–H groups in total. The summed E-state index contributed by atoms with van der Waals surface area (Å²) in [5.41, 5.74) is 4.27. The third-order valence-electron chi connectivity index (χ3n) is 2.00. The van der Waals surface area contributed by atoms with Gasteiger partial charge in [0.1, 0.15) is 5.75 Å². The number of hydrazine groups is 1. The Labute approximate surface area is 89.8 Å². The standard InChI is InChI=1S/C11H16N2O2/c1-8-5-6-9(7-10(8)15-4)11(14)12-13(2)3/h5-7H,1-4H3,(H,12,14). The van der Waals surface area contributed by atoms with Gasteiger partial charge in [0, 0.05) is 19.7 Å². The summed E-state index contributed by atoms with van der Waals surface area (Å²) in [5, 5.41) is 1.61. The lowest BCUT2D eigenvalue weighted by atomic mass is 10.1. The highest BCUT2D eigenvalue weighted by Gasteiger charge is 2.08. The first-order valence-electron chi connectivity index (χ1n) is 4.67. The zero-order valence-corrected chi connectivity index (χ0v) is 9.50. The predicted molar refractivity (Wildman–Crippen MR) is 58.9 cm³/mol. The number of nitrogens with one attached hydrogen (secondary N) is 1. The molecule has 0 atom stereocenters. The molecule has 0 aliphatic carbocycles. The van der Waals surface area contributed by atoms with Crippen molar-refractivity contribution in [2.75, 3.05) is 21.2 Å². The summed E-state index contributed by atoms with van der Waals surface area (Å²) < 4.78 is 5.15. The van der Waals surface area contributed by atoms with Crippen LogP contribution in [0.5, 0.6) is 5.75 Å². The third kappa shape index (κ3) is 2.95. The zero-order valence-electron chi connectivity index (χ0n) is 9.50. The molecule has 1 amide bonds. The fourth-order valence-electron chi connectivity index (χ4n) is 1.23. The molecule has 0 radical (unpaired) electrons. The van der Waals surface area contributed by atoms with E-state index in [0.717, 1.165) is 11.3 Å². The Morgan fingerprint density at radius 1 is 1.40 bits per heavy atom. The van der Waals surface area contributed by atoms with Gasteiger partial charge in [-0.2, -0.15) is 0 Å². The molecule has 4 nitrogen and oxygen atoms in total. The van der Waals surface area contributed by atoms with Crippen LogP contribution in [0.15, 0.2) is 18.2 Å². The number of methoxy groups -OCH3 is 1. The van der Waals surface area contributed by atoms with Crippen molar-refractivity contribution in [3.8, 4) is 5.75 Å². The predicted octanol–water partition coefficient (Wildman–Crippen LogP) is 1.21. The summed E-state index contributed by atoms with van der Waals surface area (Å²) in [5.74, 6) is 0.583. The second-order valence-electron chi connectivity index (χ2n) is 3.52. The molecule has 15 heavy (non-hydrogen) atoms. The van der Waals surface area contributed by atoms with E-state index >= 15 is 0 Å². The Morgan fingerprint density at radius 2 is 2.07 bits per heavy atom. The second kappa shape index (κ2) is 4.79. The van der Waals surface area contributed by atoms with Crippen LogP contribution in [0, 0.1) is 6.92 Å². The normalized spacial score (nSPS) is 10.2. The van der Waals surface area contributed by atoms with Gasteiger partial charge in [-0.3, -0.25) is 10.2 Å². The van der Waals surface area contributed by atoms with Gasteiger partial charge in [-0.15, -0.1) is 0 Å². The van der Waals surface area contributed by atoms with E-state index in [9.17, 15) is 4.79 Å². The highest BCUT2D eigenvalue weighted by molar-refractivity contribution is 5.94. The Bertz CT molecular complexity index is 362. The Morgan fingerprint density at radius 3 is 2.60 bits per heavy atom. The number of ether oxygens (including phenoxy) is 1. The molecule has 0 saturated carbocycles. The summed E-state index contributed by atoms with van der Waals surface area (Å²) in [7, 11) is 5.13. The molecule has 1 aromatic rings. The molecule has 0 saturated heterocycles. The van der Waals surface area contributed by atoms with Crippen molar-refractivity contribution in [1.29, 1.82) is 0 Å². The Hall–Kier alpha value is -1.55. The van der Waals surface area contributed by atoms with Crippen LogP contribution >= 0.6 is 0 Å². The van der Waals surface area contributed by atoms with E-state index in [1.54, 1.807) is 38.3 Å². The first-order chi connectivity index (χ1) is 7.04. The van der Waals surface area contributed by atoms with Crippen molar-refractivity contribution in [2.24, 2.45) is 0 Å². The number of carbonyl (C=O) groups is 1. The molecule has 0 unspecified atom stereocenters. The van der Waals surface area contributed by atoms with Gasteiger partial charge in [0.2, 0.25) is 0 Å². The molecule has 0 aliphatic heterocycles. The van der Waals surface area contributed by atoms with E-state index in [2.05, 4.69) is 5.43 Å². The van der Waals surface area contributed by atoms with Crippen LogP contribution in [0.3, 0.4) is 0 Å². The average Bonchev–Trinajstić information content (AvgIpc) is 2.17. The summed E-state index contributed by atoms with van der Waals surface area (Å²) in [6.45, 7) is 1.94. The first-order valence-corrected chi connectivity index (χ1v) is 4.67. The first kappa shape index (κ1) is 11.5. The molecule has 0 aromatic heterocycles. The number of aryl methyl sites for hydroxylation is 1. The lowest BCUT2D eigenvalue weighted by molar-refractivity contribution is 0.0856. The summed E-state index contributed by atoms with van der Waals surface area (Å²) in [6.07, 6.45) is 0. The van der Waals surface area contributed by atoms with Crippen molar-refractivity contribution in [3.63, 3.8) is 0 Å². The van der Waals surface area contributed by atoms with Gasteiger partial charge in [0.05, 0.1) is 7.11 Å². The van der Waals surface area contributed by atoms with Crippen LogP contribution in [-0.4, -0.2) is 32.1 Å². The molecule has 0 fully saturated rings. The highest BCUT2D eigenvalue weighted by atomic mass is 16.5. The molecule has 0 bridgehead atoms. The topological polar surface area (TPSA) is 41.6 Å². The molecular weight excluding hydrogens is 192 g/mol. The van der Waals surface area contributed by atoms with Gasteiger partial charge >= 0.3 is 0 Å². The SMILES string of the molecule is COc1cc(C(=O)NN(C)C)ccc1C. The number of benzene rings is 1. The van der Waals surface area contributed by atoms with E-state index in [1.165, 1.54) is 0 Å². The fourth-order valence-corrected chi connectivity index (χ4v) is 1.23. The molecule has 82 valence electrons. The molecule has 4 heteroatoms. The minimum absolute atomic E-state index is 0.140. The van der Waals surface area contributed by atoms with Gasteiger partial charge in [0.15, 0.2) is 0 Å². The summed E-state index contributed by atoms with van der Waals surface area (Å²) >= 11 is 0. The lowest BCUT2D eigenvalue weighted by Gasteiger charge is -2.12. The maximum absolute atomic E-state index is 11.6. The van der Waals surface area contributed by atoms with Crippen LogP contribution in [0.4, 0.5) is 0 Å². The average molecular weight is 208 g/mol. The smallest absolute Gasteiger partial charge is 0.265 e. The summed E-state index contributed by atoms with van der Waals surface area (Å²) in [4.78, 5) is 11.6. The van der Waals surface area contributed by atoms with Gasteiger partial charge in [0.25, 0.3) is 5.91 Å². The number of hydrogen-bond donors (Lipinski definition) is 1. The highest BCUT2D eigenvalue weighted by Crippen LogP contribution is 2.18. The van der Waals surface area contributed by atoms with Gasteiger partial charge in [-0.05, 0) is 24.6 Å². The van der Waals surface area contributed by atoms with Gasteiger partial charge < -0.3 is 4.74 Å². The van der Waals surface area contributed by atoms with Crippen molar-refractivity contribution in [3.05, 3.63) is 29.3 Å². The minimum atomic E-state index is -0.140. The Balaban J connectivity index is 2.91. The van der Waals surface area contributed by atoms with Crippen molar-refractivity contribution in [2.45, 2.75) is 6.92 Å². The van der Waals surface area contributed by atoms with Gasteiger partial charge in [-0.25, -0.2) is 5.01 Å². The van der Waals surface area contributed by atoms with Crippen LogP contribution in [0.1, 0.15) is 15.9 Å². The number of amides is 1. The molecule has 1 rings (SSSR count). The zero-order chi connectivity index (χ0) is 11.4. The lowest BCUT2D eigenvalue weighted by Crippen LogP contribution is -2.36. The fraction of sp³-hybridized carbons (Fsp3) is 0.364. The third-order valence-corrected chi connectivity index (χ3v) is 2.00. The molecule has 0 spiro atoms. The quantitative estimate of drug-likeness (QED) is 0.759. The summed E-state index contributed by atoms with van der Waals surface area (Å²) in [6, 6.07) is 5.37.